The molecule has 1 N–H and O–H groups in total. The van der Waals surface area contributed by atoms with Crippen LogP contribution in [-0.4, -0.2) is 47.2 Å². The Morgan fingerprint density at radius 3 is 2.54 bits per heavy atom. The number of hydrogen-bond acceptors (Lipinski definition) is 6. The first-order valence-electron chi connectivity index (χ1n) is 11.2. The standard InChI is InChI=1S/C26H28N2O6S/c1-18-8-13-23(19(2)16-18)33-15-14-27-26(29)25-17-28(22-6-4-5-7-24(22)34-25)35(30,31)21-11-9-20(32-3)10-12-21/h4-13,16,25H,14-15,17H2,1-3H3,(H,27,29)/t25-/m1/s1. The number of hydrogen-bond donors (Lipinski definition) is 1. The molecule has 1 heterocycles. The lowest BCUT2D eigenvalue weighted by Gasteiger charge is -2.34. The summed E-state index contributed by atoms with van der Waals surface area (Å²) in [5.74, 6) is 1.21. The van der Waals surface area contributed by atoms with Crippen LogP contribution in [0.5, 0.6) is 17.2 Å². The van der Waals surface area contributed by atoms with E-state index in [-0.39, 0.29) is 24.6 Å². The second-order valence-electron chi connectivity index (χ2n) is 8.19. The number of methoxy groups -OCH3 is 1. The highest BCUT2D eigenvalue weighted by Gasteiger charge is 2.37. The van der Waals surface area contributed by atoms with E-state index in [0.29, 0.717) is 17.2 Å². The summed E-state index contributed by atoms with van der Waals surface area (Å²) >= 11 is 0. The molecule has 184 valence electrons. The summed E-state index contributed by atoms with van der Waals surface area (Å²) in [7, 11) is -2.43. The molecule has 1 aliphatic heterocycles. The van der Waals surface area contributed by atoms with E-state index in [1.807, 2.05) is 32.0 Å². The van der Waals surface area contributed by atoms with Crippen LogP contribution >= 0.6 is 0 Å². The molecular weight excluding hydrogens is 468 g/mol. The lowest BCUT2D eigenvalue weighted by Crippen LogP contribution is -2.51. The third kappa shape index (κ3) is 5.35. The fourth-order valence-corrected chi connectivity index (χ4v) is 5.33. The van der Waals surface area contributed by atoms with Gasteiger partial charge >= 0.3 is 0 Å². The van der Waals surface area contributed by atoms with E-state index < -0.39 is 22.0 Å². The number of carbonyl (C=O) groups excluding carboxylic acids is 1. The minimum absolute atomic E-state index is 0.0935. The molecule has 4 rings (SSSR count). The average molecular weight is 497 g/mol. The Bertz CT molecular complexity index is 1310. The topological polar surface area (TPSA) is 94.2 Å². The van der Waals surface area contributed by atoms with Crippen LogP contribution in [0, 0.1) is 13.8 Å². The van der Waals surface area contributed by atoms with Crippen LogP contribution in [0.1, 0.15) is 11.1 Å². The van der Waals surface area contributed by atoms with E-state index in [0.717, 1.165) is 16.9 Å². The second-order valence-corrected chi connectivity index (χ2v) is 10.1. The quantitative estimate of drug-likeness (QED) is 0.480. The van der Waals surface area contributed by atoms with Gasteiger partial charge in [0.25, 0.3) is 15.9 Å². The van der Waals surface area contributed by atoms with Crippen molar-refractivity contribution >= 4 is 21.6 Å². The van der Waals surface area contributed by atoms with Gasteiger partial charge in [-0.15, -0.1) is 0 Å². The molecule has 9 heteroatoms. The molecule has 0 radical (unpaired) electrons. The Morgan fingerprint density at radius 2 is 1.83 bits per heavy atom. The van der Waals surface area contributed by atoms with Crippen LogP contribution in [-0.2, 0) is 14.8 Å². The first-order chi connectivity index (χ1) is 16.8. The largest absolute Gasteiger partial charge is 0.497 e. The predicted molar refractivity (Wildman–Crippen MR) is 133 cm³/mol. The number of aryl methyl sites for hydroxylation is 2. The van der Waals surface area contributed by atoms with E-state index >= 15 is 0 Å². The number of carbonyl (C=O) groups is 1. The van der Waals surface area contributed by atoms with E-state index in [2.05, 4.69) is 5.32 Å². The molecule has 0 saturated carbocycles. The summed E-state index contributed by atoms with van der Waals surface area (Å²) < 4.78 is 44.9. The molecule has 8 nitrogen and oxygen atoms in total. The van der Waals surface area contributed by atoms with Crippen molar-refractivity contribution in [1.82, 2.24) is 5.32 Å². The van der Waals surface area contributed by atoms with Gasteiger partial charge in [0.1, 0.15) is 23.9 Å². The van der Waals surface area contributed by atoms with Gasteiger partial charge in [0.05, 0.1) is 30.8 Å². The lowest BCUT2D eigenvalue weighted by atomic mass is 10.1. The molecule has 0 fully saturated rings. The number of ether oxygens (including phenoxy) is 3. The number of rotatable bonds is 8. The Labute approximate surface area is 205 Å². The molecule has 1 atom stereocenters. The number of para-hydroxylation sites is 2. The van der Waals surface area contributed by atoms with Crippen LogP contribution in [0.4, 0.5) is 5.69 Å². The van der Waals surface area contributed by atoms with Crippen LogP contribution in [0.3, 0.4) is 0 Å². The van der Waals surface area contributed by atoms with Gasteiger partial charge in [0.15, 0.2) is 6.10 Å². The maximum atomic E-state index is 13.5. The Balaban J connectivity index is 1.46. The zero-order chi connectivity index (χ0) is 25.0. The summed E-state index contributed by atoms with van der Waals surface area (Å²) in [6.07, 6.45) is -1.01. The average Bonchev–Trinajstić information content (AvgIpc) is 2.86. The first kappa shape index (κ1) is 24.4. The van der Waals surface area contributed by atoms with Crippen molar-refractivity contribution in [2.24, 2.45) is 0 Å². The van der Waals surface area contributed by atoms with Gasteiger partial charge in [-0.1, -0.05) is 29.8 Å². The van der Waals surface area contributed by atoms with Crippen molar-refractivity contribution in [1.29, 1.82) is 0 Å². The summed E-state index contributed by atoms with van der Waals surface area (Å²) in [4.78, 5) is 13.0. The molecule has 1 aliphatic rings. The number of anilines is 1. The minimum Gasteiger partial charge on any atom is -0.497 e. The Kier molecular flexibility index (Phi) is 7.16. The molecule has 0 spiro atoms. The summed E-state index contributed by atoms with van der Waals surface area (Å²) in [5.41, 5.74) is 2.54. The molecular formula is C26H28N2O6S. The highest BCUT2D eigenvalue weighted by Crippen LogP contribution is 2.37. The van der Waals surface area contributed by atoms with E-state index in [1.54, 1.807) is 36.4 Å². The molecule has 35 heavy (non-hydrogen) atoms. The highest BCUT2D eigenvalue weighted by atomic mass is 32.2. The summed E-state index contributed by atoms with van der Waals surface area (Å²) in [6.45, 7) is 4.34. The monoisotopic (exact) mass is 496 g/mol. The van der Waals surface area contributed by atoms with Crippen molar-refractivity contribution in [2.75, 3.05) is 31.1 Å². The van der Waals surface area contributed by atoms with Crippen LogP contribution in [0.15, 0.2) is 71.6 Å². The van der Waals surface area contributed by atoms with Gasteiger partial charge in [-0.25, -0.2) is 8.42 Å². The molecule has 3 aromatic carbocycles. The van der Waals surface area contributed by atoms with Gasteiger partial charge in [-0.2, -0.15) is 0 Å². The zero-order valence-electron chi connectivity index (χ0n) is 19.9. The number of benzene rings is 3. The molecule has 0 unspecified atom stereocenters. The fourth-order valence-electron chi connectivity index (χ4n) is 3.85. The zero-order valence-corrected chi connectivity index (χ0v) is 20.7. The highest BCUT2D eigenvalue weighted by molar-refractivity contribution is 7.92. The van der Waals surface area contributed by atoms with Crippen LogP contribution < -0.4 is 23.8 Å². The maximum absolute atomic E-state index is 13.5. The number of fused-ring (bicyclic) bond motifs is 1. The summed E-state index contributed by atoms with van der Waals surface area (Å²) in [5, 5.41) is 2.78. The Morgan fingerprint density at radius 1 is 1.09 bits per heavy atom. The van der Waals surface area contributed by atoms with E-state index in [9.17, 15) is 13.2 Å². The normalized spacial score (nSPS) is 15.1. The molecule has 0 aliphatic carbocycles. The van der Waals surface area contributed by atoms with Crippen molar-refractivity contribution < 1.29 is 27.4 Å². The van der Waals surface area contributed by atoms with Crippen LogP contribution in [0.2, 0.25) is 0 Å². The van der Waals surface area contributed by atoms with Gasteiger partial charge in [0, 0.05) is 0 Å². The molecule has 0 aromatic heterocycles. The molecule has 3 aromatic rings. The van der Waals surface area contributed by atoms with Crippen molar-refractivity contribution in [3.05, 3.63) is 77.9 Å². The van der Waals surface area contributed by atoms with Gasteiger partial charge in [-0.3, -0.25) is 9.10 Å². The lowest BCUT2D eigenvalue weighted by molar-refractivity contribution is -0.127. The fraction of sp³-hybridized carbons (Fsp3) is 0.269. The number of amides is 1. The number of nitrogens with one attached hydrogen (secondary N) is 1. The minimum atomic E-state index is -3.94. The van der Waals surface area contributed by atoms with Crippen molar-refractivity contribution in [2.45, 2.75) is 24.8 Å². The van der Waals surface area contributed by atoms with Crippen molar-refractivity contribution in [3.8, 4) is 17.2 Å². The molecule has 0 bridgehead atoms. The SMILES string of the molecule is COc1ccc(S(=O)(=O)N2C[C@H](C(=O)NCCOc3ccc(C)cc3C)Oc3ccccc32)cc1. The van der Waals surface area contributed by atoms with Crippen molar-refractivity contribution in [3.63, 3.8) is 0 Å². The van der Waals surface area contributed by atoms with E-state index in [1.165, 1.54) is 23.5 Å². The summed E-state index contributed by atoms with van der Waals surface area (Å²) in [6, 6.07) is 18.8. The molecule has 1 amide bonds. The molecule has 0 saturated heterocycles. The van der Waals surface area contributed by atoms with Gasteiger partial charge in [0.2, 0.25) is 0 Å². The Hall–Kier alpha value is -3.72. The van der Waals surface area contributed by atoms with Crippen LogP contribution in [0.25, 0.3) is 0 Å². The van der Waals surface area contributed by atoms with Gasteiger partial charge in [-0.05, 0) is 61.9 Å². The number of nitrogens with zero attached hydrogens (tertiary/aromatic N) is 1. The third-order valence-corrected chi connectivity index (χ3v) is 7.46. The maximum Gasteiger partial charge on any atom is 0.264 e. The van der Waals surface area contributed by atoms with E-state index in [4.69, 9.17) is 14.2 Å². The number of sulfonamides is 1. The third-order valence-electron chi connectivity index (χ3n) is 5.66. The van der Waals surface area contributed by atoms with Gasteiger partial charge < -0.3 is 19.5 Å². The predicted octanol–water partition coefficient (Wildman–Crippen LogP) is 3.46. The first-order valence-corrected chi connectivity index (χ1v) is 12.6. The second kappa shape index (κ2) is 10.3. The smallest absolute Gasteiger partial charge is 0.264 e.